The minimum atomic E-state index is -3.65. The molecule has 32 heavy (non-hydrogen) atoms. The van der Waals surface area contributed by atoms with Crippen molar-refractivity contribution in [1.29, 1.82) is 0 Å². The van der Waals surface area contributed by atoms with Crippen molar-refractivity contribution in [3.05, 3.63) is 46.1 Å². The molecule has 1 amide bonds. The van der Waals surface area contributed by atoms with E-state index in [0.29, 0.717) is 47.3 Å². The first kappa shape index (κ1) is 22.9. The van der Waals surface area contributed by atoms with E-state index < -0.39 is 10.0 Å². The number of rotatable bonds is 6. The lowest BCUT2D eigenvalue weighted by Gasteiger charge is -2.30. The number of amides is 1. The van der Waals surface area contributed by atoms with Gasteiger partial charge in [-0.2, -0.15) is 9.29 Å². The van der Waals surface area contributed by atoms with Gasteiger partial charge in [0.2, 0.25) is 17.6 Å². The average Bonchev–Trinajstić information content (AvgIpc) is 3.47. The van der Waals surface area contributed by atoms with E-state index in [1.807, 2.05) is 13.8 Å². The molecule has 1 fully saturated rings. The van der Waals surface area contributed by atoms with Gasteiger partial charge < -0.3 is 9.84 Å². The average molecular weight is 495 g/mol. The zero-order chi connectivity index (χ0) is 22.9. The monoisotopic (exact) mass is 494 g/mol. The van der Waals surface area contributed by atoms with Gasteiger partial charge in [0, 0.05) is 47.1 Å². The molecule has 1 aliphatic heterocycles. The lowest BCUT2D eigenvalue weighted by atomic mass is 9.97. The highest BCUT2D eigenvalue weighted by atomic mass is 35.5. The molecule has 0 unspecified atom stereocenters. The third-order valence-electron chi connectivity index (χ3n) is 5.55. The number of carbonyl (C=O) groups excluding carboxylic acids is 1. The molecule has 2 aromatic heterocycles. The van der Waals surface area contributed by atoms with E-state index in [1.165, 1.54) is 4.31 Å². The topological polar surface area (TPSA) is 105 Å². The quantitative estimate of drug-likeness (QED) is 0.545. The van der Waals surface area contributed by atoms with Crippen LogP contribution < -0.4 is 5.32 Å². The standard InChI is InChI=1S/C21H23ClN4O4S2/c1-3-18-24-20(25-30-18)15-11-19(31-12-15)32(28,29)26-9-7-14(8-10-26)21(27)23-17-6-4-5-16(22)13(17)2/h4-6,11-12,14H,3,7-10H2,1-2H3,(H,23,27). The maximum atomic E-state index is 13.1. The van der Waals surface area contributed by atoms with E-state index in [1.54, 1.807) is 29.6 Å². The molecule has 3 aromatic rings. The molecular weight excluding hydrogens is 472 g/mol. The van der Waals surface area contributed by atoms with Crippen molar-refractivity contribution in [2.24, 2.45) is 5.92 Å². The fourth-order valence-corrected chi connectivity index (χ4v) is 6.50. The minimum Gasteiger partial charge on any atom is -0.339 e. The highest BCUT2D eigenvalue weighted by Crippen LogP contribution is 2.32. The van der Waals surface area contributed by atoms with Crippen LogP contribution in [0, 0.1) is 12.8 Å². The van der Waals surface area contributed by atoms with Crippen molar-refractivity contribution in [2.45, 2.75) is 37.3 Å². The number of aromatic nitrogens is 2. The molecule has 0 saturated carbocycles. The fraction of sp³-hybridized carbons (Fsp3) is 0.381. The second-order valence-electron chi connectivity index (χ2n) is 7.60. The third-order valence-corrected chi connectivity index (χ3v) is 9.27. The van der Waals surface area contributed by atoms with Crippen molar-refractivity contribution in [3.8, 4) is 11.4 Å². The normalized spacial score (nSPS) is 15.7. The molecule has 11 heteroatoms. The van der Waals surface area contributed by atoms with E-state index in [4.69, 9.17) is 16.1 Å². The summed E-state index contributed by atoms with van der Waals surface area (Å²) in [5, 5.41) is 9.12. The van der Waals surface area contributed by atoms with E-state index in [-0.39, 0.29) is 29.1 Å². The van der Waals surface area contributed by atoms with Gasteiger partial charge in [-0.3, -0.25) is 4.79 Å². The SMILES string of the molecule is CCc1nc(-c2csc(S(=O)(=O)N3CCC(C(=O)Nc4cccc(Cl)c4C)CC3)c2)no1. The molecule has 0 aliphatic carbocycles. The molecule has 0 radical (unpaired) electrons. The van der Waals surface area contributed by atoms with Crippen molar-refractivity contribution in [1.82, 2.24) is 14.4 Å². The maximum Gasteiger partial charge on any atom is 0.252 e. The number of sulfonamides is 1. The number of nitrogens with zero attached hydrogens (tertiary/aromatic N) is 3. The Hall–Kier alpha value is -2.27. The van der Waals surface area contributed by atoms with Crippen molar-refractivity contribution < 1.29 is 17.7 Å². The van der Waals surface area contributed by atoms with Gasteiger partial charge in [0.25, 0.3) is 10.0 Å². The first-order chi connectivity index (χ1) is 15.3. The van der Waals surface area contributed by atoms with Crippen LogP contribution in [0.25, 0.3) is 11.4 Å². The highest BCUT2D eigenvalue weighted by Gasteiger charge is 2.33. The predicted octanol–water partition coefficient (Wildman–Crippen LogP) is 4.36. The third kappa shape index (κ3) is 4.59. The summed E-state index contributed by atoms with van der Waals surface area (Å²) < 4.78 is 33.0. The van der Waals surface area contributed by atoms with E-state index in [0.717, 1.165) is 16.9 Å². The van der Waals surface area contributed by atoms with Crippen molar-refractivity contribution >= 4 is 44.6 Å². The van der Waals surface area contributed by atoms with Crippen LogP contribution in [0.15, 0.2) is 38.4 Å². The smallest absolute Gasteiger partial charge is 0.252 e. The number of piperidine rings is 1. The number of benzene rings is 1. The van der Waals surface area contributed by atoms with Gasteiger partial charge >= 0.3 is 0 Å². The van der Waals surface area contributed by atoms with Gasteiger partial charge in [0.1, 0.15) is 4.21 Å². The van der Waals surface area contributed by atoms with Crippen LogP contribution >= 0.6 is 22.9 Å². The van der Waals surface area contributed by atoms with Crippen LogP contribution in [0.1, 0.15) is 31.2 Å². The number of thiophene rings is 1. The van der Waals surface area contributed by atoms with Crippen LogP contribution in [0.4, 0.5) is 5.69 Å². The largest absolute Gasteiger partial charge is 0.339 e. The van der Waals surface area contributed by atoms with Crippen molar-refractivity contribution in [3.63, 3.8) is 0 Å². The van der Waals surface area contributed by atoms with Crippen LogP contribution in [0.3, 0.4) is 0 Å². The number of halogens is 1. The summed E-state index contributed by atoms with van der Waals surface area (Å²) in [7, 11) is -3.65. The van der Waals surface area contributed by atoms with Gasteiger partial charge in [-0.25, -0.2) is 8.42 Å². The van der Waals surface area contributed by atoms with Gasteiger partial charge in [0.15, 0.2) is 0 Å². The summed E-state index contributed by atoms with van der Waals surface area (Å²) in [6.45, 7) is 4.32. The van der Waals surface area contributed by atoms with Crippen LogP contribution in [0.2, 0.25) is 5.02 Å². The van der Waals surface area contributed by atoms with Gasteiger partial charge in [0.05, 0.1) is 0 Å². The minimum absolute atomic E-state index is 0.116. The Kier molecular flexibility index (Phi) is 6.66. The van der Waals surface area contributed by atoms with E-state index in [2.05, 4.69) is 15.5 Å². The number of anilines is 1. The Morgan fingerprint density at radius 2 is 2.09 bits per heavy atom. The van der Waals surface area contributed by atoms with Crippen LogP contribution in [-0.4, -0.2) is 41.9 Å². The zero-order valence-electron chi connectivity index (χ0n) is 17.7. The summed E-state index contributed by atoms with van der Waals surface area (Å²) in [5.41, 5.74) is 2.10. The lowest BCUT2D eigenvalue weighted by Crippen LogP contribution is -2.41. The second-order valence-corrected chi connectivity index (χ2v) is 11.1. The first-order valence-corrected chi connectivity index (χ1v) is 13.0. The Morgan fingerprint density at radius 1 is 1.34 bits per heavy atom. The Morgan fingerprint density at radius 3 is 2.78 bits per heavy atom. The summed E-state index contributed by atoms with van der Waals surface area (Å²) in [4.78, 5) is 17.0. The highest BCUT2D eigenvalue weighted by molar-refractivity contribution is 7.91. The lowest BCUT2D eigenvalue weighted by molar-refractivity contribution is -0.120. The molecule has 1 aromatic carbocycles. The van der Waals surface area contributed by atoms with Crippen LogP contribution in [-0.2, 0) is 21.2 Å². The number of nitrogens with one attached hydrogen (secondary N) is 1. The predicted molar refractivity (Wildman–Crippen MR) is 123 cm³/mol. The Balaban J connectivity index is 1.40. The molecule has 0 bridgehead atoms. The van der Waals surface area contributed by atoms with Gasteiger partial charge in [-0.05, 0) is 43.5 Å². The van der Waals surface area contributed by atoms with Crippen LogP contribution in [0.5, 0.6) is 0 Å². The number of hydrogen-bond acceptors (Lipinski definition) is 7. The first-order valence-electron chi connectivity index (χ1n) is 10.3. The molecule has 1 N–H and O–H groups in total. The molecule has 4 rings (SSSR count). The number of aryl methyl sites for hydroxylation is 1. The zero-order valence-corrected chi connectivity index (χ0v) is 20.1. The number of hydrogen-bond donors (Lipinski definition) is 1. The molecule has 3 heterocycles. The molecule has 8 nitrogen and oxygen atoms in total. The number of carbonyl (C=O) groups is 1. The molecule has 1 aliphatic rings. The summed E-state index contributed by atoms with van der Waals surface area (Å²) in [6, 6.07) is 6.94. The second kappa shape index (κ2) is 9.30. The molecule has 1 saturated heterocycles. The summed E-state index contributed by atoms with van der Waals surface area (Å²) in [5.74, 6) is 0.510. The van der Waals surface area contributed by atoms with Crippen molar-refractivity contribution in [2.75, 3.05) is 18.4 Å². The molecular formula is C21H23ClN4O4S2. The molecule has 170 valence electrons. The van der Waals surface area contributed by atoms with E-state index in [9.17, 15) is 13.2 Å². The molecule has 0 atom stereocenters. The Bertz CT molecular complexity index is 1230. The maximum absolute atomic E-state index is 13.1. The van der Waals surface area contributed by atoms with Gasteiger partial charge in [-0.15, -0.1) is 11.3 Å². The Labute approximate surface area is 195 Å². The fourth-order valence-electron chi connectivity index (χ4n) is 3.55. The van der Waals surface area contributed by atoms with Gasteiger partial charge in [-0.1, -0.05) is 29.7 Å². The van der Waals surface area contributed by atoms with E-state index >= 15 is 0 Å². The molecule has 0 spiro atoms. The summed E-state index contributed by atoms with van der Waals surface area (Å²) in [6.07, 6.45) is 1.52. The summed E-state index contributed by atoms with van der Waals surface area (Å²) >= 11 is 7.25.